The number of rotatable bonds is 1. The molecule has 0 aromatic rings. The van der Waals surface area contributed by atoms with Gasteiger partial charge in [-0.15, -0.1) is 0 Å². The summed E-state index contributed by atoms with van der Waals surface area (Å²) in [7, 11) is 0. The molecule has 1 spiro atoms. The molecule has 1 atom stereocenters. The van der Waals surface area contributed by atoms with Crippen molar-refractivity contribution in [2.24, 2.45) is 5.92 Å². The average molecular weight is 186 g/mol. The molecule has 2 aliphatic rings. The molecule has 2 saturated heterocycles. The van der Waals surface area contributed by atoms with Crippen molar-refractivity contribution in [3.8, 4) is 0 Å². The van der Waals surface area contributed by atoms with Crippen molar-refractivity contribution in [3.63, 3.8) is 0 Å². The van der Waals surface area contributed by atoms with E-state index in [0.717, 1.165) is 12.5 Å². The summed E-state index contributed by atoms with van der Waals surface area (Å²) in [6, 6.07) is 0.680. The Morgan fingerprint density at radius 2 is 2.17 bits per heavy atom. The van der Waals surface area contributed by atoms with E-state index in [4.69, 9.17) is 0 Å². The Hall–Kier alpha value is 0.270. The zero-order valence-corrected chi connectivity index (χ0v) is 8.71. The summed E-state index contributed by atoms with van der Waals surface area (Å²) < 4.78 is 0. The normalized spacial score (nSPS) is 33.8. The van der Waals surface area contributed by atoms with E-state index in [1.54, 1.807) is 0 Å². The largest absolute Gasteiger partial charge is 0.313 e. The third-order valence-corrected chi connectivity index (χ3v) is 4.39. The van der Waals surface area contributed by atoms with Gasteiger partial charge >= 0.3 is 0 Å². The smallest absolute Gasteiger partial charge is 0.0491 e. The number of nitrogens with one attached hydrogen (secondary N) is 2. The van der Waals surface area contributed by atoms with Crippen LogP contribution in [0, 0.1) is 5.92 Å². The van der Waals surface area contributed by atoms with E-state index in [2.05, 4.69) is 36.2 Å². The van der Waals surface area contributed by atoms with Gasteiger partial charge in [0.1, 0.15) is 0 Å². The maximum Gasteiger partial charge on any atom is 0.0491 e. The summed E-state index contributed by atoms with van der Waals surface area (Å²) in [5, 5.41) is 7.32. The van der Waals surface area contributed by atoms with Crippen molar-refractivity contribution in [1.29, 1.82) is 0 Å². The van der Waals surface area contributed by atoms with E-state index in [1.807, 2.05) is 0 Å². The Labute approximate surface area is 78.9 Å². The van der Waals surface area contributed by atoms with Gasteiger partial charge in [-0.2, -0.15) is 11.8 Å². The highest BCUT2D eigenvalue weighted by molar-refractivity contribution is 8.00. The predicted molar refractivity (Wildman–Crippen MR) is 54.7 cm³/mol. The minimum Gasteiger partial charge on any atom is -0.313 e. The van der Waals surface area contributed by atoms with E-state index in [-0.39, 0.29) is 0 Å². The summed E-state index contributed by atoms with van der Waals surface area (Å²) in [6.45, 7) is 6.90. The molecule has 2 N–H and O–H groups in total. The van der Waals surface area contributed by atoms with Gasteiger partial charge in [-0.25, -0.2) is 0 Å². The predicted octanol–water partition coefficient (Wildman–Crippen LogP) is 0.689. The summed E-state index contributed by atoms with van der Waals surface area (Å²) in [6.07, 6.45) is 0. The zero-order chi connectivity index (χ0) is 8.60. The highest BCUT2D eigenvalue weighted by Gasteiger charge is 2.41. The molecule has 0 aromatic carbocycles. The first-order chi connectivity index (χ1) is 5.72. The lowest BCUT2D eigenvalue weighted by atomic mass is 9.93. The van der Waals surface area contributed by atoms with Crippen molar-refractivity contribution in [3.05, 3.63) is 0 Å². The molecule has 2 aliphatic heterocycles. The van der Waals surface area contributed by atoms with Crippen molar-refractivity contribution >= 4 is 11.8 Å². The van der Waals surface area contributed by atoms with Crippen LogP contribution in [0.15, 0.2) is 0 Å². The van der Waals surface area contributed by atoms with Crippen molar-refractivity contribution in [2.45, 2.75) is 25.4 Å². The maximum atomic E-state index is 3.78. The van der Waals surface area contributed by atoms with E-state index in [1.165, 1.54) is 18.1 Å². The van der Waals surface area contributed by atoms with Crippen LogP contribution in [0.1, 0.15) is 13.8 Å². The van der Waals surface area contributed by atoms with Crippen LogP contribution in [0.3, 0.4) is 0 Å². The van der Waals surface area contributed by atoms with Crippen LogP contribution in [0.2, 0.25) is 0 Å². The molecule has 0 amide bonds. The van der Waals surface area contributed by atoms with Crippen LogP contribution in [0.5, 0.6) is 0 Å². The highest BCUT2D eigenvalue weighted by atomic mass is 32.2. The summed E-state index contributed by atoms with van der Waals surface area (Å²) in [4.78, 5) is 0. The van der Waals surface area contributed by atoms with Crippen LogP contribution in [-0.2, 0) is 0 Å². The van der Waals surface area contributed by atoms with Crippen LogP contribution in [0.4, 0.5) is 0 Å². The second-order valence-electron chi connectivity index (χ2n) is 4.40. The molecule has 12 heavy (non-hydrogen) atoms. The van der Waals surface area contributed by atoms with Crippen LogP contribution >= 0.6 is 11.8 Å². The molecule has 0 saturated carbocycles. The quantitative estimate of drug-likeness (QED) is 0.630. The molecule has 0 aliphatic carbocycles. The molecule has 1 unspecified atom stereocenters. The molecule has 70 valence electrons. The number of piperazine rings is 1. The first kappa shape index (κ1) is 8.85. The Balaban J connectivity index is 1.94. The molecular weight excluding hydrogens is 168 g/mol. The average Bonchev–Trinajstić information content (AvgIpc) is 2.02. The summed E-state index contributed by atoms with van der Waals surface area (Å²) >= 11 is 2.05. The number of hydrogen-bond donors (Lipinski definition) is 2. The molecule has 2 fully saturated rings. The van der Waals surface area contributed by atoms with Gasteiger partial charge < -0.3 is 10.6 Å². The molecule has 2 heterocycles. The standard InChI is InChI=1S/C9H18N2S/c1-7(2)8-3-10-4-9(11-8)5-12-6-9/h7-8,10-11H,3-6H2,1-2H3. The monoisotopic (exact) mass is 186 g/mol. The van der Waals surface area contributed by atoms with Gasteiger partial charge in [-0.1, -0.05) is 13.8 Å². The van der Waals surface area contributed by atoms with Crippen molar-refractivity contribution < 1.29 is 0 Å². The SMILES string of the molecule is CC(C)C1CNCC2(CSC2)N1. The summed E-state index contributed by atoms with van der Waals surface area (Å²) in [5.41, 5.74) is 0.456. The maximum absolute atomic E-state index is 3.78. The molecule has 0 bridgehead atoms. The van der Waals surface area contributed by atoms with Crippen LogP contribution < -0.4 is 10.6 Å². The lowest BCUT2D eigenvalue weighted by Crippen LogP contribution is -2.70. The van der Waals surface area contributed by atoms with Gasteiger partial charge in [0, 0.05) is 36.2 Å². The Morgan fingerprint density at radius 3 is 2.67 bits per heavy atom. The molecular formula is C9H18N2S. The van der Waals surface area contributed by atoms with Crippen molar-refractivity contribution in [2.75, 3.05) is 24.6 Å². The van der Waals surface area contributed by atoms with Crippen LogP contribution in [-0.4, -0.2) is 36.2 Å². The molecule has 2 rings (SSSR count). The van der Waals surface area contributed by atoms with Gasteiger partial charge in [0.2, 0.25) is 0 Å². The Bertz CT molecular complexity index is 166. The van der Waals surface area contributed by atoms with E-state index in [0.29, 0.717) is 11.6 Å². The fourth-order valence-electron chi connectivity index (χ4n) is 1.90. The van der Waals surface area contributed by atoms with Gasteiger partial charge in [0.25, 0.3) is 0 Å². The van der Waals surface area contributed by atoms with Gasteiger partial charge in [0.05, 0.1) is 0 Å². The third kappa shape index (κ3) is 1.50. The second-order valence-corrected chi connectivity index (χ2v) is 5.38. The lowest BCUT2D eigenvalue weighted by Gasteiger charge is -2.49. The lowest BCUT2D eigenvalue weighted by molar-refractivity contribution is 0.223. The molecule has 3 heteroatoms. The van der Waals surface area contributed by atoms with E-state index < -0.39 is 0 Å². The van der Waals surface area contributed by atoms with Gasteiger partial charge in [-0.05, 0) is 5.92 Å². The summed E-state index contributed by atoms with van der Waals surface area (Å²) in [5.74, 6) is 3.34. The molecule has 0 aromatic heterocycles. The second kappa shape index (κ2) is 3.20. The van der Waals surface area contributed by atoms with Gasteiger partial charge in [-0.3, -0.25) is 0 Å². The number of thioether (sulfide) groups is 1. The minimum absolute atomic E-state index is 0.456. The fourth-order valence-corrected chi connectivity index (χ4v) is 2.97. The van der Waals surface area contributed by atoms with E-state index in [9.17, 15) is 0 Å². The van der Waals surface area contributed by atoms with Crippen LogP contribution in [0.25, 0.3) is 0 Å². The fraction of sp³-hybridized carbons (Fsp3) is 1.00. The molecule has 2 nitrogen and oxygen atoms in total. The first-order valence-electron chi connectivity index (χ1n) is 4.78. The topological polar surface area (TPSA) is 24.1 Å². The van der Waals surface area contributed by atoms with Crippen molar-refractivity contribution in [1.82, 2.24) is 10.6 Å². The minimum atomic E-state index is 0.456. The zero-order valence-electron chi connectivity index (χ0n) is 7.89. The molecule has 0 radical (unpaired) electrons. The number of hydrogen-bond acceptors (Lipinski definition) is 3. The Kier molecular flexibility index (Phi) is 2.36. The van der Waals surface area contributed by atoms with E-state index >= 15 is 0 Å². The third-order valence-electron chi connectivity index (χ3n) is 2.88. The highest BCUT2D eigenvalue weighted by Crippen LogP contribution is 2.31. The Morgan fingerprint density at radius 1 is 1.42 bits per heavy atom. The first-order valence-corrected chi connectivity index (χ1v) is 5.93. The van der Waals surface area contributed by atoms with Gasteiger partial charge in [0.15, 0.2) is 0 Å².